The molecule has 0 saturated heterocycles. The number of hydrogen-bond donors (Lipinski definition) is 1. The van der Waals surface area contributed by atoms with Gasteiger partial charge in [-0.05, 0) is 32.4 Å². The molecule has 2 heterocycles. The molecule has 1 N–H and O–H groups in total. The minimum atomic E-state index is 0.227. The lowest BCUT2D eigenvalue weighted by molar-refractivity contribution is 0.530. The molecule has 102 valence electrons. The maximum atomic E-state index is 6.29. The van der Waals surface area contributed by atoms with E-state index >= 15 is 0 Å². The maximum absolute atomic E-state index is 6.29. The van der Waals surface area contributed by atoms with E-state index < -0.39 is 0 Å². The van der Waals surface area contributed by atoms with Crippen LogP contribution in [0.2, 0.25) is 5.02 Å². The van der Waals surface area contributed by atoms with Gasteiger partial charge in [0.1, 0.15) is 0 Å². The third-order valence-corrected chi connectivity index (χ3v) is 3.70. The third-order valence-electron chi connectivity index (χ3n) is 3.21. The predicted molar refractivity (Wildman–Crippen MR) is 77.1 cm³/mol. The number of aromatic nitrogens is 3. The molecule has 2 aromatic heterocycles. The standard InChI is InChI=1S/C14H19ClN4/c1-4-19-13(14(15)11(3)18-19)9-17-10(2)12-6-5-7-16-8-12/h5-8,10,17H,4,9H2,1-3H3/t10-/m1/s1. The number of nitrogens with zero attached hydrogens (tertiary/aromatic N) is 3. The van der Waals surface area contributed by atoms with Crippen molar-refractivity contribution in [3.63, 3.8) is 0 Å². The predicted octanol–water partition coefficient (Wildman–Crippen LogP) is 3.11. The van der Waals surface area contributed by atoms with Crippen LogP contribution in [0.5, 0.6) is 0 Å². The number of halogens is 1. The Morgan fingerprint density at radius 3 is 2.89 bits per heavy atom. The van der Waals surface area contributed by atoms with Crippen molar-refractivity contribution in [1.82, 2.24) is 20.1 Å². The molecule has 2 aromatic rings. The summed E-state index contributed by atoms with van der Waals surface area (Å²) in [5, 5.41) is 8.63. The van der Waals surface area contributed by atoms with Gasteiger partial charge in [0, 0.05) is 31.5 Å². The zero-order valence-electron chi connectivity index (χ0n) is 11.5. The first-order valence-electron chi connectivity index (χ1n) is 6.48. The van der Waals surface area contributed by atoms with Crippen LogP contribution in [-0.2, 0) is 13.1 Å². The molecule has 19 heavy (non-hydrogen) atoms. The van der Waals surface area contributed by atoms with E-state index in [4.69, 9.17) is 11.6 Å². The summed E-state index contributed by atoms with van der Waals surface area (Å²) in [6, 6.07) is 4.24. The highest BCUT2D eigenvalue weighted by molar-refractivity contribution is 6.31. The molecule has 0 amide bonds. The first-order chi connectivity index (χ1) is 9.13. The number of hydrogen-bond acceptors (Lipinski definition) is 3. The van der Waals surface area contributed by atoms with Crippen molar-refractivity contribution in [2.24, 2.45) is 0 Å². The monoisotopic (exact) mass is 278 g/mol. The molecule has 0 fully saturated rings. The first kappa shape index (κ1) is 14.0. The Morgan fingerprint density at radius 1 is 1.47 bits per heavy atom. The lowest BCUT2D eigenvalue weighted by Gasteiger charge is -2.14. The summed E-state index contributed by atoms with van der Waals surface area (Å²) in [5.41, 5.74) is 3.09. The van der Waals surface area contributed by atoms with Gasteiger partial charge in [-0.15, -0.1) is 0 Å². The van der Waals surface area contributed by atoms with E-state index in [9.17, 15) is 0 Å². The molecule has 0 radical (unpaired) electrons. The number of rotatable bonds is 5. The lowest BCUT2D eigenvalue weighted by Crippen LogP contribution is -2.20. The molecule has 0 bridgehead atoms. The van der Waals surface area contributed by atoms with Crippen LogP contribution in [0.1, 0.15) is 36.8 Å². The fraction of sp³-hybridized carbons (Fsp3) is 0.429. The summed E-state index contributed by atoms with van der Waals surface area (Å²) >= 11 is 6.29. The van der Waals surface area contributed by atoms with Gasteiger partial charge in [-0.1, -0.05) is 17.7 Å². The Kier molecular flexibility index (Phi) is 4.56. The second kappa shape index (κ2) is 6.17. The number of nitrogens with one attached hydrogen (secondary N) is 1. The maximum Gasteiger partial charge on any atom is 0.0860 e. The summed E-state index contributed by atoms with van der Waals surface area (Å²) in [4.78, 5) is 4.13. The van der Waals surface area contributed by atoms with E-state index in [0.29, 0.717) is 6.54 Å². The molecule has 1 atom stereocenters. The molecular weight excluding hydrogens is 260 g/mol. The summed E-state index contributed by atoms with van der Waals surface area (Å²) in [6.07, 6.45) is 3.66. The molecular formula is C14H19ClN4. The van der Waals surface area contributed by atoms with Crippen LogP contribution in [0, 0.1) is 6.92 Å². The number of pyridine rings is 1. The van der Waals surface area contributed by atoms with Gasteiger partial charge in [0.2, 0.25) is 0 Å². The molecule has 0 spiro atoms. The second-order valence-corrected chi connectivity index (χ2v) is 4.93. The summed E-state index contributed by atoms with van der Waals surface area (Å²) in [5.74, 6) is 0. The van der Waals surface area contributed by atoms with Crippen LogP contribution in [0.15, 0.2) is 24.5 Å². The van der Waals surface area contributed by atoms with Gasteiger partial charge < -0.3 is 5.32 Å². The molecule has 0 saturated carbocycles. The minimum Gasteiger partial charge on any atom is -0.304 e. The first-order valence-corrected chi connectivity index (χ1v) is 6.86. The summed E-state index contributed by atoms with van der Waals surface area (Å²) < 4.78 is 1.95. The molecule has 0 aliphatic heterocycles. The zero-order valence-corrected chi connectivity index (χ0v) is 12.3. The van der Waals surface area contributed by atoms with Gasteiger partial charge in [0.05, 0.1) is 16.4 Å². The van der Waals surface area contributed by atoms with Gasteiger partial charge in [-0.2, -0.15) is 5.10 Å². The smallest absolute Gasteiger partial charge is 0.0860 e. The van der Waals surface area contributed by atoms with E-state index in [1.807, 2.05) is 23.9 Å². The van der Waals surface area contributed by atoms with Gasteiger partial charge in [-0.25, -0.2) is 0 Å². The summed E-state index contributed by atoms with van der Waals surface area (Å²) in [7, 11) is 0. The minimum absolute atomic E-state index is 0.227. The van der Waals surface area contributed by atoms with Gasteiger partial charge in [0.25, 0.3) is 0 Å². The van der Waals surface area contributed by atoms with Crippen molar-refractivity contribution >= 4 is 11.6 Å². The highest BCUT2D eigenvalue weighted by atomic mass is 35.5. The van der Waals surface area contributed by atoms with Crippen LogP contribution >= 0.6 is 11.6 Å². The molecule has 0 unspecified atom stereocenters. The van der Waals surface area contributed by atoms with Crippen molar-refractivity contribution < 1.29 is 0 Å². The lowest BCUT2D eigenvalue weighted by atomic mass is 10.1. The number of aryl methyl sites for hydroxylation is 2. The SMILES string of the molecule is CCn1nc(C)c(Cl)c1CN[C@H](C)c1cccnc1. The average Bonchev–Trinajstić information content (AvgIpc) is 2.72. The van der Waals surface area contributed by atoms with E-state index in [-0.39, 0.29) is 6.04 Å². The quantitative estimate of drug-likeness (QED) is 0.914. The van der Waals surface area contributed by atoms with Crippen LogP contribution in [0.4, 0.5) is 0 Å². The molecule has 0 aliphatic carbocycles. The molecule has 0 aliphatic rings. The van der Waals surface area contributed by atoms with Crippen molar-refractivity contribution in [3.05, 3.63) is 46.5 Å². The van der Waals surface area contributed by atoms with Crippen molar-refractivity contribution in [2.75, 3.05) is 0 Å². The van der Waals surface area contributed by atoms with Crippen molar-refractivity contribution in [3.8, 4) is 0 Å². The fourth-order valence-corrected chi connectivity index (χ4v) is 2.24. The largest absolute Gasteiger partial charge is 0.304 e. The highest BCUT2D eigenvalue weighted by Crippen LogP contribution is 2.21. The third kappa shape index (κ3) is 3.14. The Balaban J connectivity index is 2.07. The molecule has 4 nitrogen and oxygen atoms in total. The van der Waals surface area contributed by atoms with E-state index in [1.165, 1.54) is 0 Å². The Hall–Kier alpha value is -1.39. The van der Waals surface area contributed by atoms with E-state index in [2.05, 4.69) is 35.3 Å². The summed E-state index contributed by atoms with van der Waals surface area (Å²) in [6.45, 7) is 7.64. The van der Waals surface area contributed by atoms with Crippen molar-refractivity contribution in [1.29, 1.82) is 0 Å². The van der Waals surface area contributed by atoms with Crippen LogP contribution < -0.4 is 5.32 Å². The molecule has 5 heteroatoms. The average molecular weight is 279 g/mol. The normalized spacial score (nSPS) is 12.6. The van der Waals surface area contributed by atoms with E-state index in [0.717, 1.165) is 28.5 Å². The van der Waals surface area contributed by atoms with Crippen LogP contribution in [0.25, 0.3) is 0 Å². The highest BCUT2D eigenvalue weighted by Gasteiger charge is 2.13. The zero-order chi connectivity index (χ0) is 13.8. The van der Waals surface area contributed by atoms with Crippen LogP contribution in [-0.4, -0.2) is 14.8 Å². The molecule has 0 aromatic carbocycles. The Labute approximate surface area is 118 Å². The topological polar surface area (TPSA) is 42.7 Å². The van der Waals surface area contributed by atoms with Gasteiger partial charge in [-0.3, -0.25) is 9.67 Å². The Bertz CT molecular complexity index is 536. The van der Waals surface area contributed by atoms with Gasteiger partial charge >= 0.3 is 0 Å². The molecule has 2 rings (SSSR count). The Morgan fingerprint density at radius 2 is 2.26 bits per heavy atom. The van der Waals surface area contributed by atoms with Crippen molar-refractivity contribution in [2.45, 2.75) is 39.9 Å². The van der Waals surface area contributed by atoms with Crippen LogP contribution in [0.3, 0.4) is 0 Å². The van der Waals surface area contributed by atoms with Gasteiger partial charge in [0.15, 0.2) is 0 Å². The van der Waals surface area contributed by atoms with E-state index in [1.54, 1.807) is 6.20 Å². The second-order valence-electron chi connectivity index (χ2n) is 4.55. The fourth-order valence-electron chi connectivity index (χ4n) is 2.04.